The average Bonchev–Trinajstić information content (AvgIpc) is 3.08. The SMILES string of the molecule is CC(C)(C)c1nnc([C@H]2CCN(c3ncccn3)C2)o1. The van der Waals surface area contributed by atoms with E-state index in [9.17, 15) is 0 Å². The predicted molar refractivity (Wildman–Crippen MR) is 74.6 cm³/mol. The number of rotatable bonds is 2. The van der Waals surface area contributed by atoms with Crippen LogP contribution in [0.3, 0.4) is 0 Å². The lowest BCUT2D eigenvalue weighted by molar-refractivity contribution is 0.359. The Morgan fingerprint density at radius 2 is 1.95 bits per heavy atom. The number of nitrogens with zero attached hydrogens (tertiary/aromatic N) is 5. The van der Waals surface area contributed by atoms with Crippen molar-refractivity contribution in [1.29, 1.82) is 0 Å². The molecule has 1 atom stereocenters. The molecule has 0 amide bonds. The van der Waals surface area contributed by atoms with Crippen molar-refractivity contribution in [1.82, 2.24) is 20.2 Å². The van der Waals surface area contributed by atoms with Crippen LogP contribution in [0, 0.1) is 0 Å². The Kier molecular flexibility index (Phi) is 3.16. The highest BCUT2D eigenvalue weighted by molar-refractivity contribution is 5.31. The summed E-state index contributed by atoms with van der Waals surface area (Å²) in [5.41, 5.74) is -0.105. The van der Waals surface area contributed by atoms with E-state index < -0.39 is 0 Å². The smallest absolute Gasteiger partial charge is 0.225 e. The van der Waals surface area contributed by atoms with E-state index in [2.05, 4.69) is 45.8 Å². The Bertz CT molecular complexity index is 575. The fourth-order valence-electron chi connectivity index (χ4n) is 2.30. The largest absolute Gasteiger partial charge is 0.424 e. The molecule has 0 spiro atoms. The first-order valence-electron chi connectivity index (χ1n) is 6.90. The summed E-state index contributed by atoms with van der Waals surface area (Å²) in [6.07, 6.45) is 4.52. The molecule has 1 saturated heterocycles. The second kappa shape index (κ2) is 4.85. The maximum atomic E-state index is 5.83. The van der Waals surface area contributed by atoms with Gasteiger partial charge >= 0.3 is 0 Å². The Labute approximate surface area is 118 Å². The monoisotopic (exact) mass is 273 g/mol. The van der Waals surface area contributed by atoms with Crippen molar-refractivity contribution in [2.75, 3.05) is 18.0 Å². The van der Waals surface area contributed by atoms with E-state index in [4.69, 9.17) is 4.42 Å². The molecule has 0 saturated carbocycles. The van der Waals surface area contributed by atoms with Crippen LogP contribution < -0.4 is 4.90 Å². The lowest BCUT2D eigenvalue weighted by Crippen LogP contribution is -2.21. The predicted octanol–water partition coefficient (Wildman–Crippen LogP) is 2.15. The van der Waals surface area contributed by atoms with Gasteiger partial charge < -0.3 is 9.32 Å². The number of hydrogen-bond acceptors (Lipinski definition) is 6. The number of aromatic nitrogens is 4. The van der Waals surface area contributed by atoms with Gasteiger partial charge in [-0.05, 0) is 12.5 Å². The summed E-state index contributed by atoms with van der Waals surface area (Å²) >= 11 is 0. The van der Waals surface area contributed by atoms with Gasteiger partial charge in [0.1, 0.15) is 0 Å². The van der Waals surface area contributed by atoms with Crippen LogP contribution in [0.2, 0.25) is 0 Å². The first kappa shape index (κ1) is 13.0. The highest BCUT2D eigenvalue weighted by Crippen LogP contribution is 2.30. The molecule has 1 aliphatic heterocycles. The Hall–Kier alpha value is -1.98. The van der Waals surface area contributed by atoms with E-state index >= 15 is 0 Å². The Balaban J connectivity index is 1.73. The van der Waals surface area contributed by atoms with Crippen LogP contribution in [0.15, 0.2) is 22.9 Å². The molecule has 0 unspecified atom stereocenters. The standard InChI is InChI=1S/C14H19N5O/c1-14(2,3)12-18-17-11(20-12)10-5-8-19(9-10)13-15-6-4-7-16-13/h4,6-7,10H,5,8-9H2,1-3H3/t10-/m0/s1. The molecule has 106 valence electrons. The van der Waals surface area contributed by atoms with Crippen LogP contribution in [-0.4, -0.2) is 33.3 Å². The van der Waals surface area contributed by atoms with Crippen molar-refractivity contribution in [3.63, 3.8) is 0 Å². The van der Waals surface area contributed by atoms with Crippen molar-refractivity contribution < 1.29 is 4.42 Å². The fourth-order valence-corrected chi connectivity index (χ4v) is 2.30. The summed E-state index contributed by atoms with van der Waals surface area (Å²) < 4.78 is 5.83. The number of anilines is 1. The van der Waals surface area contributed by atoms with E-state index in [1.54, 1.807) is 12.4 Å². The van der Waals surface area contributed by atoms with Crippen molar-refractivity contribution in [2.45, 2.75) is 38.5 Å². The molecule has 6 heteroatoms. The summed E-state index contributed by atoms with van der Waals surface area (Å²) in [5, 5.41) is 8.37. The molecule has 1 aliphatic rings. The van der Waals surface area contributed by atoms with Gasteiger partial charge in [-0.3, -0.25) is 0 Å². The summed E-state index contributed by atoms with van der Waals surface area (Å²) in [6, 6.07) is 1.82. The first-order chi connectivity index (χ1) is 9.54. The van der Waals surface area contributed by atoms with Crippen LogP contribution in [0.5, 0.6) is 0 Å². The molecule has 0 N–H and O–H groups in total. The maximum absolute atomic E-state index is 5.83. The van der Waals surface area contributed by atoms with E-state index in [0.29, 0.717) is 5.89 Å². The summed E-state index contributed by atoms with van der Waals surface area (Å²) in [4.78, 5) is 10.7. The third kappa shape index (κ3) is 2.50. The quantitative estimate of drug-likeness (QED) is 0.835. The second-order valence-electron chi connectivity index (χ2n) is 6.18. The number of hydrogen-bond donors (Lipinski definition) is 0. The van der Waals surface area contributed by atoms with Gasteiger partial charge in [-0.2, -0.15) is 0 Å². The summed E-state index contributed by atoms with van der Waals surface area (Å²) in [6.45, 7) is 7.97. The molecular formula is C14H19N5O. The molecule has 3 rings (SSSR count). The van der Waals surface area contributed by atoms with Gasteiger partial charge in [0.25, 0.3) is 0 Å². The van der Waals surface area contributed by atoms with E-state index in [1.807, 2.05) is 6.07 Å². The minimum Gasteiger partial charge on any atom is -0.424 e. The van der Waals surface area contributed by atoms with Crippen LogP contribution in [0.25, 0.3) is 0 Å². The van der Waals surface area contributed by atoms with Gasteiger partial charge in [0.05, 0.1) is 5.92 Å². The van der Waals surface area contributed by atoms with Crippen molar-refractivity contribution in [2.24, 2.45) is 0 Å². The first-order valence-corrected chi connectivity index (χ1v) is 6.90. The summed E-state index contributed by atoms with van der Waals surface area (Å²) in [7, 11) is 0. The zero-order valence-corrected chi connectivity index (χ0v) is 12.1. The molecule has 1 fully saturated rings. The minimum atomic E-state index is -0.105. The topological polar surface area (TPSA) is 67.9 Å². The highest BCUT2D eigenvalue weighted by atomic mass is 16.4. The van der Waals surface area contributed by atoms with Crippen molar-refractivity contribution in [3.8, 4) is 0 Å². The van der Waals surface area contributed by atoms with Crippen LogP contribution in [-0.2, 0) is 5.41 Å². The van der Waals surface area contributed by atoms with E-state index in [-0.39, 0.29) is 11.3 Å². The molecule has 0 aromatic carbocycles. The molecule has 0 aliphatic carbocycles. The third-order valence-corrected chi connectivity index (χ3v) is 3.45. The minimum absolute atomic E-state index is 0.105. The summed E-state index contributed by atoms with van der Waals surface area (Å²) in [5.74, 6) is 2.46. The van der Waals surface area contributed by atoms with Crippen LogP contribution in [0.4, 0.5) is 5.95 Å². The van der Waals surface area contributed by atoms with Crippen LogP contribution in [0.1, 0.15) is 44.9 Å². The fraction of sp³-hybridized carbons (Fsp3) is 0.571. The Morgan fingerprint density at radius 1 is 1.20 bits per heavy atom. The lowest BCUT2D eigenvalue weighted by Gasteiger charge is -2.14. The van der Waals surface area contributed by atoms with Gasteiger partial charge in [-0.25, -0.2) is 9.97 Å². The van der Waals surface area contributed by atoms with Crippen molar-refractivity contribution >= 4 is 5.95 Å². The highest BCUT2D eigenvalue weighted by Gasteiger charge is 2.31. The molecule has 20 heavy (non-hydrogen) atoms. The normalized spacial score (nSPS) is 19.6. The molecule has 3 heterocycles. The van der Waals surface area contributed by atoms with E-state index in [1.165, 1.54) is 0 Å². The van der Waals surface area contributed by atoms with Gasteiger partial charge in [-0.1, -0.05) is 20.8 Å². The lowest BCUT2D eigenvalue weighted by atomic mass is 9.97. The van der Waals surface area contributed by atoms with Gasteiger partial charge in [0.15, 0.2) is 0 Å². The molecule has 0 radical (unpaired) electrons. The molecule has 2 aromatic rings. The van der Waals surface area contributed by atoms with E-state index in [0.717, 1.165) is 31.3 Å². The third-order valence-electron chi connectivity index (χ3n) is 3.45. The van der Waals surface area contributed by atoms with Gasteiger partial charge in [0.2, 0.25) is 17.7 Å². The maximum Gasteiger partial charge on any atom is 0.225 e. The molecule has 2 aromatic heterocycles. The van der Waals surface area contributed by atoms with Gasteiger partial charge in [0, 0.05) is 30.9 Å². The molecule has 0 bridgehead atoms. The average molecular weight is 273 g/mol. The second-order valence-corrected chi connectivity index (χ2v) is 6.18. The zero-order valence-electron chi connectivity index (χ0n) is 12.1. The zero-order chi connectivity index (χ0) is 14.2. The molecular weight excluding hydrogens is 254 g/mol. The Morgan fingerprint density at radius 3 is 2.60 bits per heavy atom. The van der Waals surface area contributed by atoms with Crippen molar-refractivity contribution in [3.05, 3.63) is 30.2 Å². The van der Waals surface area contributed by atoms with Gasteiger partial charge in [-0.15, -0.1) is 10.2 Å². The van der Waals surface area contributed by atoms with Crippen LogP contribution >= 0.6 is 0 Å². The molecule has 6 nitrogen and oxygen atoms in total.